The summed E-state index contributed by atoms with van der Waals surface area (Å²) < 4.78 is 1.87. The van der Waals surface area contributed by atoms with Gasteiger partial charge in [0.05, 0.1) is 17.7 Å². The highest BCUT2D eigenvalue weighted by molar-refractivity contribution is 5.93. The molecule has 0 aliphatic rings. The van der Waals surface area contributed by atoms with Crippen molar-refractivity contribution in [1.82, 2.24) is 9.55 Å². The molecule has 5 heteroatoms. The first kappa shape index (κ1) is 14.3. The first-order valence-electron chi connectivity index (χ1n) is 6.81. The third-order valence-electron chi connectivity index (χ3n) is 3.35. The standard InChI is InChI=1S/C15H20N4O/c1-2-12(10-16)9-15(20)18-13-5-3-4-6-14(13)19-8-7-17-11-19/h3-8,11-12H,2,9-10,16H2,1H3,(H,18,20). The summed E-state index contributed by atoms with van der Waals surface area (Å²) in [5.41, 5.74) is 7.32. The number of nitrogens with two attached hydrogens (primary N) is 1. The van der Waals surface area contributed by atoms with Crippen LogP contribution in [0.1, 0.15) is 19.8 Å². The Kier molecular flexibility index (Phi) is 4.90. The number of amides is 1. The first-order valence-corrected chi connectivity index (χ1v) is 6.81. The molecule has 1 aromatic carbocycles. The zero-order valence-corrected chi connectivity index (χ0v) is 11.6. The van der Waals surface area contributed by atoms with Gasteiger partial charge in [0.15, 0.2) is 0 Å². The van der Waals surface area contributed by atoms with E-state index in [2.05, 4.69) is 10.3 Å². The smallest absolute Gasteiger partial charge is 0.224 e. The van der Waals surface area contributed by atoms with Crippen LogP contribution in [0.25, 0.3) is 5.69 Å². The predicted molar refractivity (Wildman–Crippen MR) is 79.6 cm³/mol. The van der Waals surface area contributed by atoms with E-state index in [1.54, 1.807) is 12.5 Å². The van der Waals surface area contributed by atoms with Gasteiger partial charge in [-0.25, -0.2) is 4.98 Å². The average Bonchev–Trinajstić information content (AvgIpc) is 2.99. The number of carbonyl (C=O) groups excluding carboxylic acids is 1. The minimum atomic E-state index is -0.00475. The van der Waals surface area contributed by atoms with Crippen LogP contribution < -0.4 is 11.1 Å². The largest absolute Gasteiger partial charge is 0.330 e. The lowest BCUT2D eigenvalue weighted by Crippen LogP contribution is -2.22. The van der Waals surface area contributed by atoms with Crippen LogP contribution in [-0.2, 0) is 4.79 Å². The van der Waals surface area contributed by atoms with Crippen LogP contribution in [0.3, 0.4) is 0 Å². The van der Waals surface area contributed by atoms with Crippen molar-refractivity contribution in [3.63, 3.8) is 0 Å². The molecular weight excluding hydrogens is 252 g/mol. The Morgan fingerprint density at radius 1 is 1.45 bits per heavy atom. The van der Waals surface area contributed by atoms with Crippen LogP contribution in [-0.4, -0.2) is 22.0 Å². The maximum Gasteiger partial charge on any atom is 0.224 e. The molecular formula is C15H20N4O. The second-order valence-corrected chi connectivity index (χ2v) is 4.75. The Morgan fingerprint density at radius 3 is 2.90 bits per heavy atom. The lowest BCUT2D eigenvalue weighted by atomic mass is 10.0. The van der Waals surface area contributed by atoms with Gasteiger partial charge >= 0.3 is 0 Å². The second-order valence-electron chi connectivity index (χ2n) is 4.75. The van der Waals surface area contributed by atoms with Crippen LogP contribution in [0.4, 0.5) is 5.69 Å². The van der Waals surface area contributed by atoms with Gasteiger partial charge in [0.1, 0.15) is 0 Å². The van der Waals surface area contributed by atoms with E-state index in [1.807, 2.05) is 42.0 Å². The number of imidazole rings is 1. The fraction of sp³-hybridized carbons (Fsp3) is 0.333. The van der Waals surface area contributed by atoms with Crippen molar-refractivity contribution in [3.05, 3.63) is 43.0 Å². The molecule has 0 aliphatic heterocycles. The van der Waals surface area contributed by atoms with E-state index in [0.717, 1.165) is 17.8 Å². The summed E-state index contributed by atoms with van der Waals surface area (Å²) in [6.07, 6.45) is 6.62. The number of para-hydroxylation sites is 2. The van der Waals surface area contributed by atoms with Gasteiger partial charge in [-0.2, -0.15) is 0 Å². The monoisotopic (exact) mass is 272 g/mol. The zero-order valence-electron chi connectivity index (χ0n) is 11.6. The molecule has 0 radical (unpaired) electrons. The molecule has 20 heavy (non-hydrogen) atoms. The van der Waals surface area contributed by atoms with Gasteiger partial charge in [-0.05, 0) is 24.6 Å². The second kappa shape index (κ2) is 6.86. The minimum Gasteiger partial charge on any atom is -0.330 e. The molecule has 0 saturated heterocycles. The minimum absolute atomic E-state index is 0.00475. The van der Waals surface area contributed by atoms with Gasteiger partial charge in [0.25, 0.3) is 0 Å². The molecule has 1 unspecified atom stereocenters. The third-order valence-corrected chi connectivity index (χ3v) is 3.35. The van der Waals surface area contributed by atoms with Gasteiger partial charge in [-0.3, -0.25) is 4.79 Å². The number of hydrogen-bond donors (Lipinski definition) is 2. The van der Waals surface area contributed by atoms with Crippen molar-refractivity contribution < 1.29 is 4.79 Å². The fourth-order valence-corrected chi connectivity index (χ4v) is 2.06. The summed E-state index contributed by atoms with van der Waals surface area (Å²) in [5.74, 6) is 0.227. The Balaban J connectivity index is 2.12. The number of hydrogen-bond acceptors (Lipinski definition) is 3. The Morgan fingerprint density at radius 2 is 2.25 bits per heavy atom. The highest BCUT2D eigenvalue weighted by atomic mass is 16.1. The molecule has 2 aromatic rings. The quantitative estimate of drug-likeness (QED) is 0.846. The molecule has 3 N–H and O–H groups in total. The predicted octanol–water partition coefficient (Wildman–Crippen LogP) is 2.19. The molecule has 1 heterocycles. The fourth-order valence-electron chi connectivity index (χ4n) is 2.06. The third kappa shape index (κ3) is 3.45. The highest BCUT2D eigenvalue weighted by Gasteiger charge is 2.12. The number of carbonyl (C=O) groups is 1. The van der Waals surface area contributed by atoms with Gasteiger partial charge in [0, 0.05) is 18.8 Å². The van der Waals surface area contributed by atoms with Crippen molar-refractivity contribution in [2.24, 2.45) is 11.7 Å². The maximum absolute atomic E-state index is 12.1. The lowest BCUT2D eigenvalue weighted by molar-refractivity contribution is -0.117. The molecule has 2 rings (SSSR count). The molecule has 0 aliphatic carbocycles. The number of rotatable bonds is 6. The molecule has 0 bridgehead atoms. The summed E-state index contributed by atoms with van der Waals surface area (Å²) in [6.45, 7) is 2.58. The summed E-state index contributed by atoms with van der Waals surface area (Å²) >= 11 is 0. The van der Waals surface area contributed by atoms with Crippen molar-refractivity contribution >= 4 is 11.6 Å². The van der Waals surface area contributed by atoms with Gasteiger partial charge in [0.2, 0.25) is 5.91 Å². The van der Waals surface area contributed by atoms with Crippen LogP contribution >= 0.6 is 0 Å². The van der Waals surface area contributed by atoms with E-state index in [0.29, 0.717) is 13.0 Å². The van der Waals surface area contributed by atoms with E-state index < -0.39 is 0 Å². The summed E-state index contributed by atoms with van der Waals surface area (Å²) in [7, 11) is 0. The Bertz CT molecular complexity index is 547. The van der Waals surface area contributed by atoms with E-state index in [4.69, 9.17) is 5.73 Å². The van der Waals surface area contributed by atoms with E-state index in [9.17, 15) is 4.79 Å². The van der Waals surface area contributed by atoms with Crippen LogP contribution in [0.15, 0.2) is 43.0 Å². The maximum atomic E-state index is 12.1. The SMILES string of the molecule is CCC(CN)CC(=O)Nc1ccccc1-n1ccnc1. The van der Waals surface area contributed by atoms with Crippen molar-refractivity contribution in [3.8, 4) is 5.69 Å². The number of benzene rings is 1. The molecule has 1 atom stereocenters. The summed E-state index contributed by atoms with van der Waals surface area (Å²) in [5, 5.41) is 2.95. The van der Waals surface area contributed by atoms with Crippen molar-refractivity contribution in [2.45, 2.75) is 19.8 Å². The molecule has 106 valence electrons. The summed E-state index contributed by atoms with van der Waals surface area (Å²) in [4.78, 5) is 16.1. The van der Waals surface area contributed by atoms with E-state index >= 15 is 0 Å². The number of anilines is 1. The lowest BCUT2D eigenvalue weighted by Gasteiger charge is -2.14. The average molecular weight is 272 g/mol. The van der Waals surface area contributed by atoms with Crippen LogP contribution in [0, 0.1) is 5.92 Å². The van der Waals surface area contributed by atoms with Crippen LogP contribution in [0.2, 0.25) is 0 Å². The molecule has 0 fully saturated rings. The molecule has 0 saturated carbocycles. The highest BCUT2D eigenvalue weighted by Crippen LogP contribution is 2.20. The molecule has 0 spiro atoms. The normalized spacial score (nSPS) is 12.1. The molecule has 5 nitrogen and oxygen atoms in total. The van der Waals surface area contributed by atoms with Crippen molar-refractivity contribution in [1.29, 1.82) is 0 Å². The number of nitrogens with one attached hydrogen (secondary N) is 1. The van der Waals surface area contributed by atoms with E-state index in [-0.39, 0.29) is 11.8 Å². The number of nitrogens with zero attached hydrogens (tertiary/aromatic N) is 2. The Labute approximate surface area is 118 Å². The molecule has 1 amide bonds. The van der Waals surface area contributed by atoms with Gasteiger partial charge < -0.3 is 15.6 Å². The summed E-state index contributed by atoms with van der Waals surface area (Å²) in [6, 6.07) is 7.66. The van der Waals surface area contributed by atoms with Gasteiger partial charge in [-0.1, -0.05) is 25.5 Å². The Hall–Kier alpha value is -2.14. The topological polar surface area (TPSA) is 72.9 Å². The molecule has 1 aromatic heterocycles. The van der Waals surface area contributed by atoms with Crippen molar-refractivity contribution in [2.75, 3.05) is 11.9 Å². The van der Waals surface area contributed by atoms with Gasteiger partial charge in [-0.15, -0.1) is 0 Å². The van der Waals surface area contributed by atoms with E-state index in [1.165, 1.54) is 0 Å². The first-order chi connectivity index (χ1) is 9.74. The zero-order chi connectivity index (χ0) is 14.4. The van der Waals surface area contributed by atoms with Crippen LogP contribution in [0.5, 0.6) is 0 Å². The number of aromatic nitrogens is 2.